The fourth-order valence-corrected chi connectivity index (χ4v) is 6.79. The predicted molar refractivity (Wildman–Crippen MR) is 123 cm³/mol. The fraction of sp³-hybridized carbons (Fsp3) is 0.917. The van der Waals surface area contributed by atoms with Crippen molar-refractivity contribution < 1.29 is 5.11 Å². The molecule has 0 amide bonds. The number of aliphatic hydroxyl groups excluding tert-OH is 1. The molecule has 1 unspecified atom stereocenters. The molecular weight excluding hydrogens is 332 g/mol. The van der Waals surface area contributed by atoms with Crippen LogP contribution in [-0.2, 0) is 0 Å². The van der Waals surface area contributed by atoms with Gasteiger partial charge in [-0.3, -0.25) is 0 Å². The topological polar surface area (TPSA) is 20.2 Å². The molecule has 0 aliphatic heterocycles. The Morgan fingerprint density at radius 2 is 1.12 bits per heavy atom. The maximum atomic E-state index is 10.2. The van der Waals surface area contributed by atoms with Crippen LogP contribution in [0.25, 0.3) is 0 Å². The van der Waals surface area contributed by atoms with E-state index in [1.165, 1.54) is 82.3 Å². The first kappa shape index (κ1) is 25.9. The van der Waals surface area contributed by atoms with E-state index >= 15 is 0 Å². The number of hydrogen-bond acceptors (Lipinski definition) is 1. The van der Waals surface area contributed by atoms with Crippen LogP contribution in [0, 0.1) is 0 Å². The summed E-state index contributed by atoms with van der Waals surface area (Å²) in [5.41, 5.74) is 2.58. The standard InChI is InChI=1S/C24H50OSi/c1-5-9-10-11-12-13-14-15-16-18-21-24(25)22-19-17-20-23-26(6-2,7-3)8-4/h20,23-25H,5-19,21-22H2,1-4H3/b23-20-. The van der Waals surface area contributed by atoms with Crippen molar-refractivity contribution in [1.29, 1.82) is 0 Å². The minimum atomic E-state index is -1.08. The highest BCUT2D eigenvalue weighted by atomic mass is 28.3. The van der Waals surface area contributed by atoms with Gasteiger partial charge in [0.15, 0.2) is 0 Å². The molecule has 2 heteroatoms. The van der Waals surface area contributed by atoms with E-state index in [2.05, 4.69) is 39.5 Å². The molecule has 156 valence electrons. The average Bonchev–Trinajstić information content (AvgIpc) is 2.66. The Labute approximate surface area is 167 Å². The lowest BCUT2D eigenvalue weighted by Crippen LogP contribution is -2.28. The predicted octanol–water partition coefficient (Wildman–Crippen LogP) is 8.43. The highest BCUT2D eigenvalue weighted by Gasteiger charge is 2.22. The van der Waals surface area contributed by atoms with Crippen LogP contribution in [0.1, 0.15) is 118 Å². The van der Waals surface area contributed by atoms with Gasteiger partial charge in [-0.2, -0.15) is 0 Å². The summed E-state index contributed by atoms with van der Waals surface area (Å²) in [6.45, 7) is 9.36. The van der Waals surface area contributed by atoms with Gasteiger partial charge in [-0.05, 0) is 25.7 Å². The average molecular weight is 383 g/mol. The van der Waals surface area contributed by atoms with E-state index in [1.807, 2.05) is 0 Å². The lowest BCUT2D eigenvalue weighted by Gasteiger charge is -2.23. The molecule has 0 aliphatic rings. The van der Waals surface area contributed by atoms with Crippen molar-refractivity contribution in [1.82, 2.24) is 0 Å². The number of aliphatic hydroxyl groups is 1. The molecular formula is C24H50OSi. The van der Waals surface area contributed by atoms with Gasteiger partial charge in [0, 0.05) is 0 Å². The molecule has 0 aromatic heterocycles. The molecule has 0 heterocycles. The zero-order valence-corrected chi connectivity index (χ0v) is 19.7. The first-order valence-electron chi connectivity index (χ1n) is 12.0. The highest BCUT2D eigenvalue weighted by Crippen LogP contribution is 2.22. The second-order valence-electron chi connectivity index (χ2n) is 8.38. The normalized spacial score (nSPS) is 13.6. The zero-order valence-electron chi connectivity index (χ0n) is 18.7. The molecule has 0 aromatic rings. The van der Waals surface area contributed by atoms with E-state index in [0.717, 1.165) is 25.7 Å². The Morgan fingerprint density at radius 1 is 0.654 bits per heavy atom. The van der Waals surface area contributed by atoms with Crippen molar-refractivity contribution in [3.63, 3.8) is 0 Å². The summed E-state index contributed by atoms with van der Waals surface area (Å²) >= 11 is 0. The van der Waals surface area contributed by atoms with E-state index < -0.39 is 8.07 Å². The SMILES string of the molecule is CCCCCCCCCCCCC(O)CCC/C=C\[Si](CC)(CC)CC. The molecule has 1 N–H and O–H groups in total. The van der Waals surface area contributed by atoms with Gasteiger partial charge in [-0.25, -0.2) is 0 Å². The molecule has 26 heavy (non-hydrogen) atoms. The minimum absolute atomic E-state index is 0.0667. The van der Waals surface area contributed by atoms with Crippen LogP contribution in [0.15, 0.2) is 11.8 Å². The molecule has 0 spiro atoms. The maximum absolute atomic E-state index is 10.2. The summed E-state index contributed by atoms with van der Waals surface area (Å²) in [7, 11) is -1.08. The van der Waals surface area contributed by atoms with Crippen LogP contribution >= 0.6 is 0 Å². The minimum Gasteiger partial charge on any atom is -0.393 e. The van der Waals surface area contributed by atoms with Gasteiger partial charge in [0.25, 0.3) is 0 Å². The van der Waals surface area contributed by atoms with E-state index in [1.54, 1.807) is 0 Å². The van der Waals surface area contributed by atoms with Gasteiger partial charge in [0.2, 0.25) is 0 Å². The number of rotatable bonds is 19. The Kier molecular flexibility index (Phi) is 18.2. The third-order valence-electron chi connectivity index (χ3n) is 6.38. The fourth-order valence-electron chi connectivity index (χ4n) is 3.92. The summed E-state index contributed by atoms with van der Waals surface area (Å²) in [5, 5.41) is 10.2. The third kappa shape index (κ3) is 14.0. The summed E-state index contributed by atoms with van der Waals surface area (Å²) in [6.07, 6.45) is 20.4. The second kappa shape index (κ2) is 18.3. The molecule has 0 bridgehead atoms. The smallest absolute Gasteiger partial charge is 0.0766 e. The third-order valence-corrected chi connectivity index (χ3v) is 11.6. The van der Waals surface area contributed by atoms with Gasteiger partial charge >= 0.3 is 0 Å². The van der Waals surface area contributed by atoms with Crippen LogP contribution in [0.2, 0.25) is 18.1 Å². The van der Waals surface area contributed by atoms with Gasteiger partial charge in [0.1, 0.15) is 0 Å². The number of unbranched alkanes of at least 4 members (excludes halogenated alkanes) is 10. The number of hydrogen-bond donors (Lipinski definition) is 1. The summed E-state index contributed by atoms with van der Waals surface area (Å²) in [5.74, 6) is 0. The molecule has 0 fully saturated rings. The molecule has 0 aliphatic carbocycles. The molecule has 1 atom stereocenters. The molecule has 0 radical (unpaired) electrons. The Bertz CT molecular complexity index is 301. The van der Waals surface area contributed by atoms with Crippen molar-refractivity contribution in [3.8, 4) is 0 Å². The van der Waals surface area contributed by atoms with Crippen LogP contribution in [0.3, 0.4) is 0 Å². The monoisotopic (exact) mass is 382 g/mol. The number of allylic oxidation sites excluding steroid dienone is 1. The highest BCUT2D eigenvalue weighted by molar-refractivity contribution is 6.84. The zero-order chi connectivity index (χ0) is 19.5. The first-order chi connectivity index (χ1) is 12.6. The van der Waals surface area contributed by atoms with Crippen molar-refractivity contribution in [2.24, 2.45) is 0 Å². The molecule has 0 saturated carbocycles. The van der Waals surface area contributed by atoms with Crippen LogP contribution in [0.4, 0.5) is 0 Å². The van der Waals surface area contributed by atoms with E-state index in [-0.39, 0.29) is 6.10 Å². The molecule has 0 aromatic carbocycles. The Hall–Kier alpha value is -0.0831. The molecule has 0 saturated heterocycles. The van der Waals surface area contributed by atoms with Gasteiger partial charge < -0.3 is 5.11 Å². The molecule has 1 nitrogen and oxygen atoms in total. The van der Waals surface area contributed by atoms with Crippen molar-refractivity contribution in [3.05, 3.63) is 11.8 Å². The Balaban J connectivity index is 3.51. The first-order valence-corrected chi connectivity index (χ1v) is 14.7. The van der Waals surface area contributed by atoms with Gasteiger partial charge in [0.05, 0.1) is 14.2 Å². The van der Waals surface area contributed by atoms with Crippen LogP contribution in [0.5, 0.6) is 0 Å². The second-order valence-corrected chi connectivity index (χ2v) is 13.6. The summed E-state index contributed by atoms with van der Waals surface area (Å²) in [4.78, 5) is 0. The van der Waals surface area contributed by atoms with Crippen molar-refractivity contribution in [2.75, 3.05) is 0 Å². The van der Waals surface area contributed by atoms with Crippen LogP contribution in [-0.4, -0.2) is 19.3 Å². The van der Waals surface area contributed by atoms with Gasteiger partial charge in [-0.15, -0.1) is 0 Å². The lowest BCUT2D eigenvalue weighted by molar-refractivity contribution is 0.148. The van der Waals surface area contributed by atoms with Crippen molar-refractivity contribution >= 4 is 8.07 Å². The van der Waals surface area contributed by atoms with E-state index in [0.29, 0.717) is 0 Å². The van der Waals surface area contributed by atoms with E-state index in [9.17, 15) is 5.11 Å². The molecule has 0 rings (SSSR count). The quantitative estimate of drug-likeness (QED) is 0.175. The van der Waals surface area contributed by atoms with Crippen LogP contribution < -0.4 is 0 Å². The Morgan fingerprint density at radius 3 is 1.62 bits per heavy atom. The summed E-state index contributed by atoms with van der Waals surface area (Å²) < 4.78 is 0. The summed E-state index contributed by atoms with van der Waals surface area (Å²) in [6, 6.07) is 4.12. The van der Waals surface area contributed by atoms with Gasteiger partial charge in [-0.1, -0.05) is 122 Å². The largest absolute Gasteiger partial charge is 0.393 e. The lowest BCUT2D eigenvalue weighted by atomic mass is 10.0. The van der Waals surface area contributed by atoms with E-state index in [4.69, 9.17) is 0 Å². The maximum Gasteiger partial charge on any atom is 0.0766 e. The van der Waals surface area contributed by atoms with Crippen molar-refractivity contribution in [2.45, 2.75) is 142 Å².